The van der Waals surface area contributed by atoms with Gasteiger partial charge in [-0.2, -0.15) is 0 Å². The van der Waals surface area contributed by atoms with Gasteiger partial charge in [0.2, 0.25) is 5.95 Å². The summed E-state index contributed by atoms with van der Waals surface area (Å²) in [7, 11) is 0. The van der Waals surface area contributed by atoms with Crippen molar-refractivity contribution >= 4 is 17.3 Å². The number of hydrogen-bond acceptors (Lipinski definition) is 5. The van der Waals surface area contributed by atoms with Gasteiger partial charge in [0.1, 0.15) is 0 Å². The van der Waals surface area contributed by atoms with Crippen LogP contribution in [0, 0.1) is 6.92 Å². The Hall–Kier alpha value is -1.46. The lowest BCUT2D eigenvalue weighted by molar-refractivity contribution is 0.750. The Labute approximate surface area is 110 Å². The summed E-state index contributed by atoms with van der Waals surface area (Å²) in [6, 6.07) is 2.38. The topological polar surface area (TPSA) is 55.0 Å². The Kier molecular flexibility index (Phi) is 3.01. The Morgan fingerprint density at radius 2 is 2.17 bits per heavy atom. The van der Waals surface area contributed by atoms with Crippen LogP contribution in [0.15, 0.2) is 23.8 Å². The molecule has 1 fully saturated rings. The third kappa shape index (κ3) is 2.11. The summed E-state index contributed by atoms with van der Waals surface area (Å²) < 4.78 is 0. The molecule has 0 bridgehead atoms. The second-order valence-electron chi connectivity index (χ2n) is 4.70. The van der Waals surface area contributed by atoms with Crippen LogP contribution in [0.4, 0.5) is 5.95 Å². The molecule has 5 heteroatoms. The molecule has 3 heterocycles. The molecule has 0 amide bonds. The largest absolute Gasteiger partial charge is 0.339 e. The van der Waals surface area contributed by atoms with Gasteiger partial charge in [0, 0.05) is 42.0 Å². The molecule has 0 radical (unpaired) electrons. The molecule has 1 aliphatic heterocycles. The molecule has 3 rings (SSSR count). The normalized spacial score (nSPS) is 19.4. The van der Waals surface area contributed by atoms with Gasteiger partial charge in [0.25, 0.3) is 0 Å². The third-order valence-electron chi connectivity index (χ3n) is 3.27. The first-order valence-corrected chi connectivity index (χ1v) is 6.99. The third-order valence-corrected chi connectivity index (χ3v) is 4.34. The molecule has 0 saturated carbocycles. The summed E-state index contributed by atoms with van der Waals surface area (Å²) in [5.41, 5.74) is 8.26. The van der Waals surface area contributed by atoms with Crippen molar-refractivity contribution in [3.63, 3.8) is 0 Å². The molecular formula is C13H16N4S. The number of nitrogens with zero attached hydrogens (tertiary/aromatic N) is 3. The van der Waals surface area contributed by atoms with Gasteiger partial charge >= 0.3 is 0 Å². The number of anilines is 1. The standard InChI is InChI=1S/C13H16N4S/c1-9-3-5-18-12(9)10-6-15-13(16-7-10)17-4-2-11(14)8-17/h3,5-7,11H,2,4,8,14H2,1H3. The zero-order chi connectivity index (χ0) is 12.5. The number of hydrogen-bond donors (Lipinski definition) is 1. The molecule has 2 aromatic heterocycles. The SMILES string of the molecule is Cc1ccsc1-c1cnc(N2CCC(N)C2)nc1. The second kappa shape index (κ2) is 4.66. The highest BCUT2D eigenvalue weighted by molar-refractivity contribution is 7.13. The fourth-order valence-corrected chi connectivity index (χ4v) is 3.14. The van der Waals surface area contributed by atoms with Crippen molar-refractivity contribution in [2.75, 3.05) is 18.0 Å². The number of thiophene rings is 1. The number of aryl methyl sites for hydroxylation is 1. The molecular weight excluding hydrogens is 244 g/mol. The first-order valence-electron chi connectivity index (χ1n) is 6.11. The first-order chi connectivity index (χ1) is 8.74. The van der Waals surface area contributed by atoms with Crippen LogP contribution in [-0.4, -0.2) is 29.1 Å². The van der Waals surface area contributed by atoms with Gasteiger partial charge in [0.15, 0.2) is 0 Å². The summed E-state index contributed by atoms with van der Waals surface area (Å²) in [6.07, 6.45) is 4.84. The fourth-order valence-electron chi connectivity index (χ4n) is 2.24. The average molecular weight is 260 g/mol. The zero-order valence-electron chi connectivity index (χ0n) is 10.3. The smallest absolute Gasteiger partial charge is 0.225 e. The minimum Gasteiger partial charge on any atom is -0.339 e. The molecule has 94 valence electrons. The minimum atomic E-state index is 0.257. The van der Waals surface area contributed by atoms with E-state index in [1.54, 1.807) is 11.3 Å². The summed E-state index contributed by atoms with van der Waals surface area (Å²) >= 11 is 1.73. The van der Waals surface area contributed by atoms with Crippen molar-refractivity contribution in [3.05, 3.63) is 29.4 Å². The van der Waals surface area contributed by atoms with Crippen molar-refractivity contribution < 1.29 is 0 Å². The van der Waals surface area contributed by atoms with Gasteiger partial charge in [-0.25, -0.2) is 9.97 Å². The molecule has 0 aliphatic carbocycles. The first kappa shape index (κ1) is 11.6. The highest BCUT2D eigenvalue weighted by atomic mass is 32.1. The number of rotatable bonds is 2. The summed E-state index contributed by atoms with van der Waals surface area (Å²) in [5, 5.41) is 2.10. The van der Waals surface area contributed by atoms with E-state index in [0.29, 0.717) is 0 Å². The lowest BCUT2D eigenvalue weighted by Crippen LogP contribution is -2.27. The van der Waals surface area contributed by atoms with Gasteiger partial charge in [-0.1, -0.05) is 0 Å². The summed E-state index contributed by atoms with van der Waals surface area (Å²) in [6.45, 7) is 3.93. The molecule has 1 saturated heterocycles. The van der Waals surface area contributed by atoms with Crippen LogP contribution >= 0.6 is 11.3 Å². The van der Waals surface area contributed by atoms with Crippen LogP contribution in [0.25, 0.3) is 10.4 Å². The second-order valence-corrected chi connectivity index (χ2v) is 5.62. The molecule has 1 unspecified atom stereocenters. The van der Waals surface area contributed by atoms with E-state index in [1.807, 2.05) is 12.4 Å². The van der Waals surface area contributed by atoms with Crippen LogP contribution in [0.1, 0.15) is 12.0 Å². The zero-order valence-corrected chi connectivity index (χ0v) is 11.2. The Balaban J connectivity index is 1.83. The van der Waals surface area contributed by atoms with E-state index in [4.69, 9.17) is 5.73 Å². The van der Waals surface area contributed by atoms with Crippen molar-refractivity contribution in [2.24, 2.45) is 5.73 Å². The maximum Gasteiger partial charge on any atom is 0.225 e. The number of nitrogens with two attached hydrogens (primary N) is 1. The van der Waals surface area contributed by atoms with Crippen LogP contribution in [-0.2, 0) is 0 Å². The monoisotopic (exact) mass is 260 g/mol. The van der Waals surface area contributed by atoms with Crippen LogP contribution in [0.5, 0.6) is 0 Å². The summed E-state index contributed by atoms with van der Waals surface area (Å²) in [5.74, 6) is 0.793. The van der Waals surface area contributed by atoms with E-state index in [9.17, 15) is 0 Å². The van der Waals surface area contributed by atoms with Crippen molar-refractivity contribution in [1.29, 1.82) is 0 Å². The van der Waals surface area contributed by atoms with E-state index in [-0.39, 0.29) is 6.04 Å². The van der Waals surface area contributed by atoms with Gasteiger partial charge in [-0.3, -0.25) is 0 Å². The Morgan fingerprint density at radius 1 is 1.39 bits per heavy atom. The summed E-state index contributed by atoms with van der Waals surface area (Å²) in [4.78, 5) is 12.3. The van der Waals surface area contributed by atoms with Gasteiger partial charge in [-0.15, -0.1) is 11.3 Å². The lowest BCUT2D eigenvalue weighted by Gasteiger charge is -2.15. The Morgan fingerprint density at radius 3 is 2.72 bits per heavy atom. The van der Waals surface area contributed by atoms with Crippen molar-refractivity contribution in [2.45, 2.75) is 19.4 Å². The molecule has 2 N–H and O–H groups in total. The predicted molar refractivity (Wildman–Crippen MR) is 74.9 cm³/mol. The van der Waals surface area contributed by atoms with E-state index in [1.165, 1.54) is 10.4 Å². The molecule has 0 spiro atoms. The van der Waals surface area contributed by atoms with Crippen LogP contribution < -0.4 is 10.6 Å². The fraction of sp³-hybridized carbons (Fsp3) is 0.385. The maximum atomic E-state index is 5.89. The quantitative estimate of drug-likeness (QED) is 0.898. The molecule has 18 heavy (non-hydrogen) atoms. The highest BCUT2D eigenvalue weighted by Gasteiger charge is 2.21. The van der Waals surface area contributed by atoms with E-state index in [2.05, 4.69) is 33.2 Å². The van der Waals surface area contributed by atoms with Crippen LogP contribution in [0.3, 0.4) is 0 Å². The van der Waals surface area contributed by atoms with Gasteiger partial charge in [-0.05, 0) is 30.4 Å². The molecule has 2 aromatic rings. The highest BCUT2D eigenvalue weighted by Crippen LogP contribution is 2.28. The molecule has 1 aliphatic rings. The van der Waals surface area contributed by atoms with E-state index < -0.39 is 0 Å². The average Bonchev–Trinajstić information content (AvgIpc) is 2.98. The minimum absolute atomic E-state index is 0.257. The van der Waals surface area contributed by atoms with Gasteiger partial charge in [0.05, 0.1) is 0 Å². The molecule has 0 aromatic carbocycles. The van der Waals surface area contributed by atoms with Crippen LogP contribution in [0.2, 0.25) is 0 Å². The van der Waals surface area contributed by atoms with Crippen molar-refractivity contribution in [3.8, 4) is 10.4 Å². The maximum absolute atomic E-state index is 5.89. The molecule has 4 nitrogen and oxygen atoms in total. The lowest BCUT2D eigenvalue weighted by atomic mass is 10.2. The van der Waals surface area contributed by atoms with E-state index in [0.717, 1.165) is 31.0 Å². The Bertz CT molecular complexity index is 534. The number of aromatic nitrogens is 2. The van der Waals surface area contributed by atoms with Gasteiger partial charge < -0.3 is 10.6 Å². The van der Waals surface area contributed by atoms with E-state index >= 15 is 0 Å². The molecule has 1 atom stereocenters. The predicted octanol–water partition coefficient (Wildman–Crippen LogP) is 2.05. The van der Waals surface area contributed by atoms with Crippen molar-refractivity contribution in [1.82, 2.24) is 9.97 Å².